The van der Waals surface area contributed by atoms with Gasteiger partial charge >= 0.3 is 6.18 Å². The third-order valence-electron chi connectivity index (χ3n) is 5.70. The molecule has 0 atom stereocenters. The predicted octanol–water partition coefficient (Wildman–Crippen LogP) is 5.21. The van der Waals surface area contributed by atoms with Crippen molar-refractivity contribution in [1.82, 2.24) is 24.9 Å². The fraction of sp³-hybridized carbons (Fsp3) is 0.125. The molecule has 0 spiro atoms. The highest BCUT2D eigenvalue weighted by Gasteiger charge is 2.36. The van der Waals surface area contributed by atoms with Gasteiger partial charge in [-0.25, -0.2) is 9.50 Å². The Labute approximate surface area is 205 Å². The minimum absolute atomic E-state index is 0.0341. The lowest BCUT2D eigenvalue weighted by atomic mass is 10.1. The number of benzene rings is 2. The smallest absolute Gasteiger partial charge is 0.433 e. The quantitative estimate of drug-likeness (QED) is 0.344. The number of aromatic amines is 1. The number of aromatic nitrogens is 4. The Hall–Kier alpha value is -4.25. The van der Waals surface area contributed by atoms with Crippen LogP contribution in [0.5, 0.6) is 11.5 Å². The van der Waals surface area contributed by atoms with Gasteiger partial charge in [-0.05, 0) is 48.5 Å². The fourth-order valence-electron chi connectivity index (χ4n) is 4.02. The SMILES string of the molecule is O=C(NCc1cc2cc(Cl)ccc2[nH]1)c1cc2nc(-c3ccc4c(c3)OCO4)cc(C(F)(F)F)n2n1. The molecule has 0 saturated heterocycles. The van der Waals surface area contributed by atoms with Gasteiger partial charge in [0.15, 0.2) is 28.5 Å². The maximum absolute atomic E-state index is 13.9. The molecule has 36 heavy (non-hydrogen) atoms. The molecular weight excluding hydrogens is 499 g/mol. The second-order valence-corrected chi connectivity index (χ2v) is 8.54. The Balaban J connectivity index is 1.31. The number of ether oxygens (including phenoxy) is 2. The maximum atomic E-state index is 13.9. The van der Waals surface area contributed by atoms with Crippen molar-refractivity contribution in [3.05, 3.63) is 76.7 Å². The second kappa shape index (κ2) is 8.16. The number of carbonyl (C=O) groups is 1. The molecule has 4 heterocycles. The van der Waals surface area contributed by atoms with Gasteiger partial charge in [-0.1, -0.05) is 11.6 Å². The van der Waals surface area contributed by atoms with Gasteiger partial charge in [0.2, 0.25) is 6.79 Å². The first-order chi connectivity index (χ1) is 17.2. The molecule has 0 bridgehead atoms. The van der Waals surface area contributed by atoms with Crippen LogP contribution in [-0.2, 0) is 12.7 Å². The molecule has 6 rings (SSSR count). The van der Waals surface area contributed by atoms with Gasteiger partial charge in [-0.3, -0.25) is 4.79 Å². The number of carbonyl (C=O) groups excluding carboxylic acids is 1. The molecule has 2 N–H and O–H groups in total. The predicted molar refractivity (Wildman–Crippen MR) is 124 cm³/mol. The number of hydrogen-bond acceptors (Lipinski definition) is 5. The van der Waals surface area contributed by atoms with Crippen molar-refractivity contribution < 1.29 is 27.4 Å². The summed E-state index contributed by atoms with van der Waals surface area (Å²) in [4.78, 5) is 20.2. The van der Waals surface area contributed by atoms with Crippen molar-refractivity contribution in [2.75, 3.05) is 6.79 Å². The molecule has 0 radical (unpaired) electrons. The molecule has 5 aromatic rings. The van der Waals surface area contributed by atoms with E-state index in [1.165, 1.54) is 6.07 Å². The van der Waals surface area contributed by atoms with Crippen molar-refractivity contribution in [2.24, 2.45) is 0 Å². The zero-order valence-electron chi connectivity index (χ0n) is 18.2. The van der Waals surface area contributed by atoms with Gasteiger partial charge in [-0.15, -0.1) is 0 Å². The standard InChI is InChI=1S/C24H15ClF3N5O3/c25-14-2-3-16-13(5-14)6-15(30-16)10-29-23(34)18-9-22-31-17(8-21(24(26,27)28)33(22)32-18)12-1-4-19-20(7-12)36-11-35-19/h1-9,30H,10-11H2,(H,29,34). The average molecular weight is 514 g/mol. The molecule has 3 aromatic heterocycles. The normalized spacial score (nSPS) is 13.0. The Morgan fingerprint density at radius 1 is 1.08 bits per heavy atom. The van der Waals surface area contributed by atoms with Crippen molar-refractivity contribution in [3.63, 3.8) is 0 Å². The van der Waals surface area contributed by atoms with Crippen LogP contribution >= 0.6 is 11.6 Å². The topological polar surface area (TPSA) is 93.5 Å². The number of H-pyrrole nitrogens is 1. The van der Waals surface area contributed by atoms with E-state index >= 15 is 0 Å². The monoisotopic (exact) mass is 513 g/mol. The van der Waals surface area contributed by atoms with E-state index in [4.69, 9.17) is 21.1 Å². The summed E-state index contributed by atoms with van der Waals surface area (Å²) < 4.78 is 52.9. The summed E-state index contributed by atoms with van der Waals surface area (Å²) in [5, 5.41) is 8.00. The molecule has 1 aliphatic heterocycles. The summed E-state index contributed by atoms with van der Waals surface area (Å²) in [6.45, 7) is 0.146. The minimum atomic E-state index is -4.74. The molecule has 0 saturated carbocycles. The van der Waals surface area contributed by atoms with Gasteiger partial charge < -0.3 is 19.8 Å². The summed E-state index contributed by atoms with van der Waals surface area (Å²) in [7, 11) is 0. The summed E-state index contributed by atoms with van der Waals surface area (Å²) in [6, 6.07) is 14.0. The Morgan fingerprint density at radius 2 is 1.92 bits per heavy atom. The molecule has 182 valence electrons. The highest BCUT2D eigenvalue weighted by molar-refractivity contribution is 6.31. The van der Waals surface area contributed by atoms with Gasteiger partial charge in [-0.2, -0.15) is 18.3 Å². The lowest BCUT2D eigenvalue weighted by Crippen LogP contribution is -2.23. The van der Waals surface area contributed by atoms with E-state index in [2.05, 4.69) is 20.4 Å². The summed E-state index contributed by atoms with van der Waals surface area (Å²) in [5.74, 6) is 0.266. The zero-order chi connectivity index (χ0) is 25.0. The van der Waals surface area contributed by atoms with E-state index in [0.717, 1.165) is 17.0 Å². The van der Waals surface area contributed by atoms with Crippen LogP contribution in [-0.4, -0.2) is 32.3 Å². The average Bonchev–Trinajstić information content (AvgIpc) is 3.57. The van der Waals surface area contributed by atoms with E-state index in [1.807, 2.05) is 12.1 Å². The number of amides is 1. The summed E-state index contributed by atoms with van der Waals surface area (Å²) in [5.41, 5.74) is 0.606. The van der Waals surface area contributed by atoms with E-state index < -0.39 is 17.8 Å². The minimum Gasteiger partial charge on any atom is -0.454 e. The Bertz CT molecular complexity index is 1660. The largest absolute Gasteiger partial charge is 0.454 e. The van der Waals surface area contributed by atoms with Crippen molar-refractivity contribution >= 4 is 34.1 Å². The van der Waals surface area contributed by atoms with Crippen LogP contribution in [0, 0.1) is 0 Å². The van der Waals surface area contributed by atoms with Crippen LogP contribution < -0.4 is 14.8 Å². The second-order valence-electron chi connectivity index (χ2n) is 8.10. The van der Waals surface area contributed by atoms with E-state index in [9.17, 15) is 18.0 Å². The van der Waals surface area contributed by atoms with Gasteiger partial charge in [0.25, 0.3) is 5.91 Å². The molecule has 0 aliphatic carbocycles. The molecule has 8 nitrogen and oxygen atoms in total. The third kappa shape index (κ3) is 3.97. The molecule has 1 amide bonds. The van der Waals surface area contributed by atoms with Crippen LogP contribution in [0.4, 0.5) is 13.2 Å². The number of alkyl halides is 3. The fourth-order valence-corrected chi connectivity index (χ4v) is 4.20. The Morgan fingerprint density at radius 3 is 2.75 bits per heavy atom. The van der Waals surface area contributed by atoms with Crippen molar-refractivity contribution in [1.29, 1.82) is 0 Å². The van der Waals surface area contributed by atoms with Crippen molar-refractivity contribution in [3.8, 4) is 22.8 Å². The number of rotatable bonds is 4. The Kier molecular flexibility index (Phi) is 5.04. The first-order valence-electron chi connectivity index (χ1n) is 10.7. The molecule has 1 aliphatic rings. The molecule has 12 heteroatoms. The lowest BCUT2D eigenvalue weighted by molar-refractivity contribution is -0.142. The van der Waals surface area contributed by atoms with E-state index in [-0.39, 0.29) is 30.4 Å². The van der Waals surface area contributed by atoms with Gasteiger partial charge in [0.1, 0.15) is 0 Å². The summed E-state index contributed by atoms with van der Waals surface area (Å²) >= 11 is 6.00. The van der Waals surface area contributed by atoms with Gasteiger partial charge in [0, 0.05) is 33.2 Å². The number of nitrogens with zero attached hydrogens (tertiary/aromatic N) is 3. The van der Waals surface area contributed by atoms with Crippen molar-refractivity contribution in [2.45, 2.75) is 12.7 Å². The van der Waals surface area contributed by atoms with E-state index in [0.29, 0.717) is 32.3 Å². The van der Waals surface area contributed by atoms with Crippen LogP contribution in [0.15, 0.2) is 54.6 Å². The van der Waals surface area contributed by atoms with E-state index in [1.54, 1.807) is 30.3 Å². The number of hydrogen-bond donors (Lipinski definition) is 2. The molecule has 2 aromatic carbocycles. The lowest BCUT2D eigenvalue weighted by Gasteiger charge is -2.11. The maximum Gasteiger partial charge on any atom is 0.433 e. The first-order valence-corrected chi connectivity index (χ1v) is 11.1. The summed E-state index contributed by atoms with van der Waals surface area (Å²) in [6.07, 6.45) is -4.74. The molecule has 0 unspecified atom stereocenters. The highest BCUT2D eigenvalue weighted by Crippen LogP contribution is 2.37. The first kappa shape index (κ1) is 22.2. The number of fused-ring (bicyclic) bond motifs is 3. The third-order valence-corrected chi connectivity index (χ3v) is 5.93. The highest BCUT2D eigenvalue weighted by atomic mass is 35.5. The number of halogens is 4. The molecule has 0 fully saturated rings. The van der Waals surface area contributed by atoms with Crippen LogP contribution in [0.1, 0.15) is 21.9 Å². The zero-order valence-corrected chi connectivity index (χ0v) is 18.9. The van der Waals surface area contributed by atoms with Gasteiger partial charge in [0.05, 0.1) is 12.2 Å². The van der Waals surface area contributed by atoms with Crippen LogP contribution in [0.25, 0.3) is 27.8 Å². The van der Waals surface area contributed by atoms with Crippen LogP contribution in [0.2, 0.25) is 5.02 Å². The van der Waals surface area contributed by atoms with Crippen LogP contribution in [0.3, 0.4) is 0 Å². The molecular formula is C24H15ClF3N5O3. The number of nitrogens with one attached hydrogen (secondary N) is 2.